The topological polar surface area (TPSA) is 47.3 Å². The quantitative estimate of drug-likeness (QED) is 0.544. The molecular formula is C11H7N3O. The van der Waals surface area contributed by atoms with E-state index in [9.17, 15) is 4.79 Å². The molecule has 0 aliphatic rings. The van der Waals surface area contributed by atoms with Gasteiger partial charge in [-0.2, -0.15) is 0 Å². The van der Waals surface area contributed by atoms with Gasteiger partial charge in [-0.05, 0) is 11.5 Å². The maximum Gasteiger partial charge on any atom is 0.231 e. The van der Waals surface area contributed by atoms with Gasteiger partial charge in [-0.25, -0.2) is 0 Å². The van der Waals surface area contributed by atoms with E-state index in [0.29, 0.717) is 11.0 Å². The molecule has 0 spiro atoms. The van der Waals surface area contributed by atoms with Crippen molar-refractivity contribution in [2.45, 2.75) is 0 Å². The first-order chi connectivity index (χ1) is 7.36. The summed E-state index contributed by atoms with van der Waals surface area (Å²) in [5, 5.41) is 9.10. The van der Waals surface area contributed by atoms with E-state index in [0.717, 1.165) is 5.39 Å². The second kappa shape index (κ2) is 2.88. The summed E-state index contributed by atoms with van der Waals surface area (Å²) >= 11 is 0. The number of nitrogens with zero attached hydrogens (tertiary/aromatic N) is 3. The van der Waals surface area contributed by atoms with E-state index in [-0.39, 0.29) is 5.43 Å². The predicted octanol–water partition coefficient (Wildman–Crippen LogP) is 1.24. The van der Waals surface area contributed by atoms with Crippen LogP contribution < -0.4 is 5.43 Å². The van der Waals surface area contributed by atoms with Crippen LogP contribution in [-0.2, 0) is 0 Å². The van der Waals surface area contributed by atoms with Crippen LogP contribution in [0.4, 0.5) is 0 Å². The van der Waals surface area contributed by atoms with Crippen LogP contribution in [-0.4, -0.2) is 14.6 Å². The van der Waals surface area contributed by atoms with Crippen molar-refractivity contribution in [1.82, 2.24) is 14.6 Å². The normalized spacial score (nSPS) is 10.9. The number of hydrogen-bond acceptors (Lipinski definition) is 3. The SMILES string of the molecule is O=c1c2ccccc2ccn2cnnc12. The molecule has 0 unspecified atom stereocenters. The van der Waals surface area contributed by atoms with Gasteiger partial charge >= 0.3 is 0 Å². The molecule has 0 aliphatic heterocycles. The van der Waals surface area contributed by atoms with E-state index in [1.807, 2.05) is 24.3 Å². The molecular weight excluding hydrogens is 190 g/mol. The van der Waals surface area contributed by atoms with E-state index in [1.165, 1.54) is 6.33 Å². The predicted molar refractivity (Wildman–Crippen MR) is 56.8 cm³/mol. The number of hydrogen-bond donors (Lipinski definition) is 0. The number of benzene rings is 1. The summed E-state index contributed by atoms with van der Waals surface area (Å²) in [4.78, 5) is 12.0. The van der Waals surface area contributed by atoms with Gasteiger partial charge in [0.05, 0.1) is 0 Å². The molecule has 3 rings (SSSR count). The molecule has 15 heavy (non-hydrogen) atoms. The average molecular weight is 197 g/mol. The maximum atomic E-state index is 12.0. The molecule has 2 aromatic heterocycles. The average Bonchev–Trinajstić information content (AvgIpc) is 2.69. The lowest BCUT2D eigenvalue weighted by molar-refractivity contribution is 1.10. The molecule has 0 radical (unpaired) electrons. The molecule has 4 nitrogen and oxygen atoms in total. The highest BCUT2D eigenvalue weighted by Gasteiger charge is 2.02. The Morgan fingerprint density at radius 2 is 2.00 bits per heavy atom. The Morgan fingerprint density at radius 3 is 2.93 bits per heavy atom. The number of rotatable bonds is 0. The first kappa shape index (κ1) is 8.11. The van der Waals surface area contributed by atoms with Gasteiger partial charge in [0.15, 0.2) is 0 Å². The summed E-state index contributed by atoms with van der Waals surface area (Å²) in [6.45, 7) is 0. The van der Waals surface area contributed by atoms with E-state index in [1.54, 1.807) is 16.7 Å². The summed E-state index contributed by atoms with van der Waals surface area (Å²) in [7, 11) is 0. The van der Waals surface area contributed by atoms with E-state index >= 15 is 0 Å². The minimum atomic E-state index is -0.0897. The molecule has 4 heteroatoms. The molecule has 0 aliphatic carbocycles. The monoisotopic (exact) mass is 197 g/mol. The van der Waals surface area contributed by atoms with Gasteiger partial charge in [-0.1, -0.05) is 24.3 Å². The summed E-state index contributed by atoms with van der Waals surface area (Å²) in [5.74, 6) is 0. The summed E-state index contributed by atoms with van der Waals surface area (Å²) in [6, 6.07) is 9.34. The zero-order valence-electron chi connectivity index (χ0n) is 7.79. The van der Waals surface area contributed by atoms with Gasteiger partial charge in [-0.3, -0.25) is 9.20 Å². The molecule has 3 aromatic rings. The lowest BCUT2D eigenvalue weighted by Crippen LogP contribution is -2.01. The van der Waals surface area contributed by atoms with Gasteiger partial charge in [0.2, 0.25) is 11.1 Å². The second-order valence-corrected chi connectivity index (χ2v) is 3.29. The third-order valence-electron chi connectivity index (χ3n) is 2.40. The Balaban J connectivity index is 2.71. The van der Waals surface area contributed by atoms with Crippen molar-refractivity contribution in [3.05, 3.63) is 53.1 Å². The van der Waals surface area contributed by atoms with E-state index < -0.39 is 0 Å². The molecule has 72 valence electrons. The van der Waals surface area contributed by atoms with Crippen LogP contribution in [0, 0.1) is 0 Å². The molecule has 2 heterocycles. The van der Waals surface area contributed by atoms with Gasteiger partial charge < -0.3 is 0 Å². The smallest absolute Gasteiger partial charge is 0.231 e. The first-order valence-electron chi connectivity index (χ1n) is 4.58. The highest BCUT2D eigenvalue weighted by atomic mass is 16.1. The van der Waals surface area contributed by atoms with Crippen molar-refractivity contribution >= 4 is 16.4 Å². The lowest BCUT2D eigenvalue weighted by atomic mass is 10.2. The number of fused-ring (bicyclic) bond motifs is 2. The van der Waals surface area contributed by atoms with Gasteiger partial charge in [0.25, 0.3) is 0 Å². The molecule has 0 amide bonds. The Labute approximate surface area is 84.8 Å². The minimum Gasteiger partial charge on any atom is -0.286 e. The van der Waals surface area contributed by atoms with Crippen molar-refractivity contribution in [3.8, 4) is 0 Å². The molecule has 0 saturated heterocycles. The van der Waals surface area contributed by atoms with Crippen LogP contribution >= 0.6 is 0 Å². The van der Waals surface area contributed by atoms with Crippen molar-refractivity contribution in [3.63, 3.8) is 0 Å². The molecule has 0 saturated carbocycles. The third-order valence-corrected chi connectivity index (χ3v) is 2.40. The van der Waals surface area contributed by atoms with E-state index in [2.05, 4.69) is 10.2 Å². The Bertz CT molecular complexity index is 703. The zero-order valence-corrected chi connectivity index (χ0v) is 7.79. The fraction of sp³-hybridized carbons (Fsp3) is 0. The van der Waals surface area contributed by atoms with Gasteiger partial charge in [-0.15, -0.1) is 10.2 Å². The largest absolute Gasteiger partial charge is 0.286 e. The fourth-order valence-corrected chi connectivity index (χ4v) is 1.64. The second-order valence-electron chi connectivity index (χ2n) is 3.29. The molecule has 0 bridgehead atoms. The maximum absolute atomic E-state index is 12.0. The van der Waals surface area contributed by atoms with Crippen LogP contribution in [0.5, 0.6) is 0 Å². The van der Waals surface area contributed by atoms with Crippen molar-refractivity contribution in [2.24, 2.45) is 0 Å². The molecule has 0 N–H and O–H groups in total. The Kier molecular flexibility index (Phi) is 1.56. The van der Waals surface area contributed by atoms with Crippen LogP contribution in [0.3, 0.4) is 0 Å². The van der Waals surface area contributed by atoms with Crippen LogP contribution in [0.1, 0.15) is 0 Å². The van der Waals surface area contributed by atoms with E-state index in [4.69, 9.17) is 0 Å². The molecule has 1 aromatic carbocycles. The Hall–Kier alpha value is -2.23. The summed E-state index contributed by atoms with van der Waals surface area (Å²) < 4.78 is 1.63. The minimum absolute atomic E-state index is 0.0897. The molecule has 0 atom stereocenters. The summed E-state index contributed by atoms with van der Waals surface area (Å²) in [6.07, 6.45) is 3.31. The van der Waals surface area contributed by atoms with Crippen molar-refractivity contribution in [2.75, 3.05) is 0 Å². The fourth-order valence-electron chi connectivity index (χ4n) is 1.64. The zero-order chi connectivity index (χ0) is 10.3. The third kappa shape index (κ3) is 1.11. The highest BCUT2D eigenvalue weighted by molar-refractivity contribution is 5.83. The van der Waals surface area contributed by atoms with Gasteiger partial charge in [0, 0.05) is 11.6 Å². The number of aromatic nitrogens is 3. The van der Waals surface area contributed by atoms with Crippen LogP contribution in [0.2, 0.25) is 0 Å². The first-order valence-corrected chi connectivity index (χ1v) is 4.58. The van der Waals surface area contributed by atoms with Gasteiger partial charge in [0.1, 0.15) is 6.33 Å². The van der Waals surface area contributed by atoms with Crippen LogP contribution in [0.25, 0.3) is 16.4 Å². The van der Waals surface area contributed by atoms with Crippen LogP contribution in [0.15, 0.2) is 47.7 Å². The highest BCUT2D eigenvalue weighted by Crippen LogP contribution is 2.08. The van der Waals surface area contributed by atoms with Crippen molar-refractivity contribution < 1.29 is 0 Å². The summed E-state index contributed by atoms with van der Waals surface area (Å²) in [5.41, 5.74) is 0.268. The standard InChI is InChI=1S/C11H7N3O/c15-10-9-4-2-1-3-8(9)5-6-14-7-12-13-11(10)14/h1-7H. The lowest BCUT2D eigenvalue weighted by Gasteiger charge is -1.86. The Morgan fingerprint density at radius 1 is 1.13 bits per heavy atom. The van der Waals surface area contributed by atoms with Crippen molar-refractivity contribution in [1.29, 1.82) is 0 Å². The molecule has 0 fully saturated rings.